The van der Waals surface area contributed by atoms with Crippen LogP contribution in [0.1, 0.15) is 12.5 Å². The highest BCUT2D eigenvalue weighted by Crippen LogP contribution is 2.29. The molecule has 2 N–H and O–H groups in total. The van der Waals surface area contributed by atoms with Crippen LogP contribution in [0, 0.1) is 0 Å². The Bertz CT molecular complexity index is 592. The van der Waals surface area contributed by atoms with Gasteiger partial charge in [-0.1, -0.05) is 36.4 Å². The lowest BCUT2D eigenvalue weighted by Crippen LogP contribution is -2.39. The second-order valence-electron chi connectivity index (χ2n) is 4.41. The largest absolute Gasteiger partial charge is 0.479 e. The second kappa shape index (κ2) is 4.38. The molecular formula is C14H13FO3. The Morgan fingerprint density at radius 2 is 1.83 bits per heavy atom. The second-order valence-corrected chi connectivity index (χ2v) is 4.41. The summed E-state index contributed by atoms with van der Waals surface area (Å²) in [6, 6.07) is 12.3. The molecule has 18 heavy (non-hydrogen) atoms. The average molecular weight is 248 g/mol. The molecule has 2 aromatic rings. The van der Waals surface area contributed by atoms with Crippen molar-refractivity contribution < 1.29 is 19.4 Å². The highest BCUT2D eigenvalue weighted by atomic mass is 19.1. The summed E-state index contributed by atoms with van der Waals surface area (Å²) in [6.45, 7) is 1.16. The lowest BCUT2D eigenvalue weighted by molar-refractivity contribution is -0.153. The van der Waals surface area contributed by atoms with E-state index >= 15 is 0 Å². The maximum atomic E-state index is 13.5. The summed E-state index contributed by atoms with van der Waals surface area (Å²) in [5.41, 5.74) is -1.80. The first-order valence-electron chi connectivity index (χ1n) is 5.51. The van der Waals surface area contributed by atoms with Gasteiger partial charge in [-0.25, -0.2) is 9.18 Å². The predicted octanol–water partition coefficient (Wildman–Crippen LogP) is 2.47. The van der Waals surface area contributed by atoms with Gasteiger partial charge >= 0.3 is 5.97 Å². The number of hydrogen-bond donors (Lipinski definition) is 2. The van der Waals surface area contributed by atoms with E-state index in [-0.39, 0.29) is 5.56 Å². The van der Waals surface area contributed by atoms with E-state index in [9.17, 15) is 14.3 Å². The lowest BCUT2D eigenvalue weighted by atomic mass is 9.89. The first-order chi connectivity index (χ1) is 8.43. The number of rotatable bonds is 3. The van der Waals surface area contributed by atoms with Crippen LogP contribution in [0.2, 0.25) is 0 Å². The van der Waals surface area contributed by atoms with Gasteiger partial charge in [0.2, 0.25) is 6.17 Å². The van der Waals surface area contributed by atoms with Crippen molar-refractivity contribution in [1.82, 2.24) is 0 Å². The number of carbonyl (C=O) groups is 1. The quantitative estimate of drug-likeness (QED) is 0.877. The van der Waals surface area contributed by atoms with Crippen molar-refractivity contribution in [1.29, 1.82) is 0 Å². The van der Waals surface area contributed by atoms with E-state index < -0.39 is 17.7 Å². The predicted molar refractivity (Wildman–Crippen MR) is 66.1 cm³/mol. The molecule has 0 radical (unpaired) electrons. The van der Waals surface area contributed by atoms with Gasteiger partial charge in [0, 0.05) is 0 Å². The molecule has 0 spiro atoms. The number of fused-ring (bicyclic) bond motifs is 1. The number of aliphatic hydroxyl groups is 1. The van der Waals surface area contributed by atoms with Gasteiger partial charge in [-0.2, -0.15) is 0 Å². The minimum Gasteiger partial charge on any atom is -0.479 e. The summed E-state index contributed by atoms with van der Waals surface area (Å²) in [5.74, 6) is -1.67. The van der Waals surface area contributed by atoms with Gasteiger partial charge in [0.1, 0.15) is 5.60 Å². The van der Waals surface area contributed by atoms with Crippen LogP contribution in [0.5, 0.6) is 0 Å². The van der Waals surface area contributed by atoms with E-state index in [4.69, 9.17) is 5.11 Å². The topological polar surface area (TPSA) is 57.5 Å². The highest BCUT2D eigenvalue weighted by molar-refractivity contribution is 5.83. The summed E-state index contributed by atoms with van der Waals surface area (Å²) in [7, 11) is 0. The van der Waals surface area contributed by atoms with Crippen LogP contribution in [0.3, 0.4) is 0 Å². The van der Waals surface area contributed by atoms with Crippen molar-refractivity contribution in [3.05, 3.63) is 48.0 Å². The zero-order valence-electron chi connectivity index (χ0n) is 9.80. The fraction of sp³-hybridized carbons (Fsp3) is 0.214. The van der Waals surface area contributed by atoms with Crippen LogP contribution >= 0.6 is 0 Å². The fourth-order valence-corrected chi connectivity index (χ4v) is 1.89. The summed E-state index contributed by atoms with van der Waals surface area (Å²) in [5, 5.41) is 20.5. The van der Waals surface area contributed by atoms with Crippen LogP contribution in [0.15, 0.2) is 42.5 Å². The van der Waals surface area contributed by atoms with E-state index in [2.05, 4.69) is 0 Å². The lowest BCUT2D eigenvalue weighted by Gasteiger charge is -2.25. The maximum absolute atomic E-state index is 13.5. The minimum absolute atomic E-state index is 0.246. The molecule has 3 nitrogen and oxygen atoms in total. The molecule has 94 valence electrons. The number of alkyl halides is 1. The van der Waals surface area contributed by atoms with Gasteiger partial charge in [-0.15, -0.1) is 0 Å². The van der Waals surface area contributed by atoms with Crippen LogP contribution < -0.4 is 0 Å². The number of carboxylic acids is 1. The Morgan fingerprint density at radius 1 is 1.22 bits per heavy atom. The van der Waals surface area contributed by atoms with Crippen LogP contribution in [-0.4, -0.2) is 22.4 Å². The molecule has 0 aliphatic heterocycles. The molecule has 2 rings (SSSR count). The van der Waals surface area contributed by atoms with Crippen molar-refractivity contribution in [2.24, 2.45) is 0 Å². The van der Waals surface area contributed by atoms with Gasteiger partial charge < -0.3 is 10.2 Å². The Kier molecular flexibility index (Phi) is 3.05. The molecular weight excluding hydrogens is 235 g/mol. The standard InChI is InChI=1S/C14H13FO3/c1-14(18,12(15)13(16)17)11-7-6-9-4-2-3-5-10(9)8-11/h2-8,12,18H,1H3,(H,16,17). The number of aliphatic carboxylic acids is 1. The third-order valence-electron chi connectivity index (χ3n) is 3.04. The van der Waals surface area contributed by atoms with Crippen molar-refractivity contribution in [3.8, 4) is 0 Å². The number of halogens is 1. The SMILES string of the molecule is CC(O)(c1ccc2ccccc2c1)C(F)C(=O)O. The van der Waals surface area contributed by atoms with Gasteiger partial charge in [0.05, 0.1) is 0 Å². The van der Waals surface area contributed by atoms with Crippen molar-refractivity contribution >= 4 is 16.7 Å². The summed E-state index contributed by atoms with van der Waals surface area (Å²) >= 11 is 0. The van der Waals surface area contributed by atoms with Crippen molar-refractivity contribution in [2.45, 2.75) is 18.7 Å². The molecule has 0 saturated carbocycles. The first kappa shape index (κ1) is 12.5. The van der Waals surface area contributed by atoms with E-state index in [1.54, 1.807) is 12.1 Å². The number of hydrogen-bond acceptors (Lipinski definition) is 2. The van der Waals surface area contributed by atoms with Crippen molar-refractivity contribution in [2.75, 3.05) is 0 Å². The molecule has 0 amide bonds. The van der Waals surface area contributed by atoms with Gasteiger partial charge in [0.25, 0.3) is 0 Å². The van der Waals surface area contributed by atoms with Crippen LogP contribution in [0.4, 0.5) is 4.39 Å². The van der Waals surface area contributed by atoms with E-state index in [0.717, 1.165) is 17.7 Å². The van der Waals surface area contributed by atoms with E-state index in [1.807, 2.05) is 24.3 Å². The Balaban J connectivity index is 2.50. The monoisotopic (exact) mass is 248 g/mol. The van der Waals surface area contributed by atoms with Gasteiger partial charge in [-0.05, 0) is 29.3 Å². The molecule has 0 aliphatic carbocycles. The van der Waals surface area contributed by atoms with Gasteiger partial charge in [-0.3, -0.25) is 0 Å². The van der Waals surface area contributed by atoms with E-state index in [1.165, 1.54) is 6.07 Å². The molecule has 0 aliphatic rings. The fourth-order valence-electron chi connectivity index (χ4n) is 1.89. The Hall–Kier alpha value is -1.94. The normalized spacial score (nSPS) is 16.2. The third-order valence-corrected chi connectivity index (χ3v) is 3.04. The third kappa shape index (κ3) is 2.07. The smallest absolute Gasteiger partial charge is 0.341 e. The Morgan fingerprint density at radius 3 is 2.44 bits per heavy atom. The number of carboxylic acid groups (broad SMARTS) is 1. The molecule has 0 aromatic heterocycles. The summed E-state index contributed by atoms with van der Waals surface area (Å²) < 4.78 is 13.5. The maximum Gasteiger partial charge on any atom is 0.341 e. The van der Waals surface area contributed by atoms with Gasteiger partial charge in [0.15, 0.2) is 0 Å². The first-order valence-corrected chi connectivity index (χ1v) is 5.51. The highest BCUT2D eigenvalue weighted by Gasteiger charge is 2.39. The molecule has 4 heteroatoms. The zero-order chi connectivity index (χ0) is 13.3. The molecule has 2 atom stereocenters. The van der Waals surface area contributed by atoms with Crippen LogP contribution in [0.25, 0.3) is 10.8 Å². The molecule has 0 heterocycles. The van der Waals surface area contributed by atoms with Crippen LogP contribution in [-0.2, 0) is 10.4 Å². The van der Waals surface area contributed by atoms with Crippen molar-refractivity contribution in [3.63, 3.8) is 0 Å². The molecule has 0 fully saturated rings. The molecule has 2 unspecified atom stereocenters. The molecule has 0 bridgehead atoms. The Labute approximate surface area is 103 Å². The molecule has 2 aromatic carbocycles. The number of benzene rings is 2. The zero-order valence-corrected chi connectivity index (χ0v) is 9.80. The van der Waals surface area contributed by atoms with E-state index in [0.29, 0.717) is 0 Å². The molecule has 0 saturated heterocycles. The summed E-state index contributed by atoms with van der Waals surface area (Å²) in [6.07, 6.45) is -2.36. The summed E-state index contributed by atoms with van der Waals surface area (Å²) in [4.78, 5) is 10.6. The average Bonchev–Trinajstić information content (AvgIpc) is 2.37. The minimum atomic E-state index is -2.36.